The third-order valence-corrected chi connectivity index (χ3v) is 2.79. The second-order valence-electron chi connectivity index (χ2n) is 3.93. The van der Waals surface area contributed by atoms with Crippen LogP contribution in [0.3, 0.4) is 0 Å². The molecule has 1 heterocycles. The van der Waals surface area contributed by atoms with Gasteiger partial charge in [-0.25, -0.2) is 5.43 Å². The quantitative estimate of drug-likeness (QED) is 0.589. The van der Waals surface area contributed by atoms with Gasteiger partial charge >= 0.3 is 0 Å². The van der Waals surface area contributed by atoms with Gasteiger partial charge in [0.15, 0.2) is 0 Å². The maximum Gasteiger partial charge on any atom is 0.255 e. The molecule has 0 saturated carbocycles. The number of fused-ring (bicyclic) bond motifs is 1. The molecule has 1 atom stereocenters. The van der Waals surface area contributed by atoms with Gasteiger partial charge in [0, 0.05) is 29.2 Å². The molecule has 2 aromatic rings. The average Bonchev–Trinajstić information content (AvgIpc) is 2.64. The molecular weight excluding hydrogens is 216 g/mol. The van der Waals surface area contributed by atoms with Crippen LogP contribution in [0.2, 0.25) is 0 Å². The molecule has 0 fully saturated rings. The summed E-state index contributed by atoms with van der Waals surface area (Å²) in [5, 5.41) is 0.990. The topological polar surface area (TPSA) is 82.9 Å². The fraction of sp³-hybridized carbons (Fsp3) is 0.250. The molecule has 0 saturated heterocycles. The Bertz CT molecular complexity index is 546. The highest BCUT2D eigenvalue weighted by molar-refractivity contribution is 5.92. The maximum absolute atomic E-state index is 11.7. The van der Waals surface area contributed by atoms with Crippen LogP contribution in [0, 0.1) is 6.92 Å². The zero-order chi connectivity index (χ0) is 12.4. The molecule has 5 heteroatoms. The normalized spacial score (nSPS) is 12.6. The van der Waals surface area contributed by atoms with E-state index in [1.54, 1.807) is 7.05 Å². The number of aromatic amines is 1. The number of nitrogens with two attached hydrogens (primary N) is 1. The van der Waals surface area contributed by atoms with E-state index in [9.17, 15) is 4.79 Å². The Morgan fingerprint density at radius 2 is 2.12 bits per heavy atom. The van der Waals surface area contributed by atoms with Crippen LogP contribution < -0.4 is 16.6 Å². The standard InChI is InChI=1S/C12H16N4O/c1-7-10(11(13)12(17)16-14-2)8-5-3-4-6-9(8)15-7/h3-6,11,14-15H,13H2,1-2H3,(H,16,17). The summed E-state index contributed by atoms with van der Waals surface area (Å²) in [4.78, 5) is 14.9. The highest BCUT2D eigenvalue weighted by Crippen LogP contribution is 2.26. The van der Waals surface area contributed by atoms with Crippen molar-refractivity contribution in [2.45, 2.75) is 13.0 Å². The number of H-pyrrole nitrogens is 1. The largest absolute Gasteiger partial charge is 0.358 e. The number of hydrogen-bond acceptors (Lipinski definition) is 3. The number of aromatic nitrogens is 1. The number of hydrogen-bond donors (Lipinski definition) is 4. The van der Waals surface area contributed by atoms with E-state index in [4.69, 9.17) is 5.73 Å². The van der Waals surface area contributed by atoms with E-state index in [1.807, 2.05) is 31.2 Å². The minimum absolute atomic E-state index is 0.250. The van der Waals surface area contributed by atoms with Gasteiger partial charge in [-0.15, -0.1) is 0 Å². The first-order chi connectivity index (χ1) is 8.15. The summed E-state index contributed by atoms with van der Waals surface area (Å²) in [5.74, 6) is -0.250. The average molecular weight is 232 g/mol. The van der Waals surface area contributed by atoms with Crippen molar-refractivity contribution in [3.8, 4) is 0 Å². The Kier molecular flexibility index (Phi) is 3.12. The molecule has 1 unspecified atom stereocenters. The van der Waals surface area contributed by atoms with Gasteiger partial charge in [0.25, 0.3) is 5.91 Å². The molecule has 1 aromatic carbocycles. The maximum atomic E-state index is 11.7. The van der Waals surface area contributed by atoms with Crippen LogP contribution >= 0.6 is 0 Å². The Hall–Kier alpha value is -1.85. The summed E-state index contributed by atoms with van der Waals surface area (Å²) in [7, 11) is 1.63. The molecule has 5 nitrogen and oxygen atoms in total. The first kappa shape index (κ1) is 11.6. The highest BCUT2D eigenvalue weighted by Gasteiger charge is 2.21. The first-order valence-electron chi connectivity index (χ1n) is 5.44. The summed E-state index contributed by atoms with van der Waals surface area (Å²) in [6.45, 7) is 1.92. The SMILES string of the molecule is CNNC(=O)C(N)c1c(C)[nH]c2ccccc12. The summed E-state index contributed by atoms with van der Waals surface area (Å²) in [5.41, 5.74) is 13.8. The fourth-order valence-corrected chi connectivity index (χ4v) is 2.03. The van der Waals surface area contributed by atoms with Crippen molar-refractivity contribution in [3.05, 3.63) is 35.5 Å². The van der Waals surface area contributed by atoms with Crippen molar-refractivity contribution in [2.75, 3.05) is 7.05 Å². The van der Waals surface area contributed by atoms with E-state index in [-0.39, 0.29) is 5.91 Å². The van der Waals surface area contributed by atoms with Crippen molar-refractivity contribution >= 4 is 16.8 Å². The lowest BCUT2D eigenvalue weighted by atomic mass is 10.0. The van der Waals surface area contributed by atoms with E-state index in [1.165, 1.54) is 0 Å². The van der Waals surface area contributed by atoms with Crippen molar-refractivity contribution in [3.63, 3.8) is 0 Å². The Balaban J connectivity index is 2.47. The fourth-order valence-electron chi connectivity index (χ4n) is 2.03. The van der Waals surface area contributed by atoms with E-state index in [2.05, 4.69) is 15.8 Å². The number of carbonyl (C=O) groups is 1. The number of hydrazine groups is 1. The molecular formula is C12H16N4O. The second-order valence-corrected chi connectivity index (χ2v) is 3.93. The number of carbonyl (C=O) groups excluding carboxylic acids is 1. The molecule has 0 spiro atoms. The van der Waals surface area contributed by atoms with Gasteiger partial charge in [0.2, 0.25) is 0 Å². The van der Waals surface area contributed by atoms with Crippen molar-refractivity contribution in [2.24, 2.45) is 5.73 Å². The smallest absolute Gasteiger partial charge is 0.255 e. The van der Waals surface area contributed by atoms with E-state index in [0.717, 1.165) is 22.2 Å². The van der Waals surface area contributed by atoms with Crippen LogP contribution in [0.1, 0.15) is 17.3 Å². The van der Waals surface area contributed by atoms with Gasteiger partial charge in [0.1, 0.15) is 6.04 Å². The lowest BCUT2D eigenvalue weighted by Gasteiger charge is -2.12. The van der Waals surface area contributed by atoms with Crippen LogP contribution in [0.15, 0.2) is 24.3 Å². The second kappa shape index (κ2) is 4.57. The molecule has 0 aliphatic rings. The Labute approximate surface area is 99.4 Å². The summed E-state index contributed by atoms with van der Waals surface area (Å²) in [6.07, 6.45) is 0. The Morgan fingerprint density at radius 3 is 2.82 bits per heavy atom. The van der Waals surface area contributed by atoms with E-state index >= 15 is 0 Å². The van der Waals surface area contributed by atoms with Crippen molar-refractivity contribution in [1.29, 1.82) is 0 Å². The minimum Gasteiger partial charge on any atom is -0.358 e. The highest BCUT2D eigenvalue weighted by atomic mass is 16.2. The number of amides is 1. The van der Waals surface area contributed by atoms with Gasteiger partial charge in [-0.05, 0) is 13.0 Å². The molecule has 0 bridgehead atoms. The molecule has 90 valence electrons. The molecule has 1 aromatic heterocycles. The number of rotatable bonds is 3. The summed E-state index contributed by atoms with van der Waals surface area (Å²) < 4.78 is 0. The molecule has 2 rings (SSSR count). The molecule has 1 amide bonds. The number of para-hydroxylation sites is 1. The zero-order valence-electron chi connectivity index (χ0n) is 9.87. The van der Waals surface area contributed by atoms with Crippen LogP contribution in [-0.4, -0.2) is 17.9 Å². The van der Waals surface area contributed by atoms with Gasteiger partial charge in [-0.2, -0.15) is 0 Å². The van der Waals surface area contributed by atoms with E-state index in [0.29, 0.717) is 0 Å². The number of aryl methyl sites for hydroxylation is 1. The summed E-state index contributed by atoms with van der Waals surface area (Å²) in [6, 6.07) is 7.12. The number of nitrogens with one attached hydrogen (secondary N) is 3. The van der Waals surface area contributed by atoms with Gasteiger partial charge < -0.3 is 10.7 Å². The third-order valence-electron chi connectivity index (χ3n) is 2.79. The Morgan fingerprint density at radius 1 is 1.41 bits per heavy atom. The van der Waals surface area contributed by atoms with Crippen LogP contribution in [0.4, 0.5) is 0 Å². The monoisotopic (exact) mass is 232 g/mol. The van der Waals surface area contributed by atoms with Gasteiger partial charge in [-0.3, -0.25) is 10.2 Å². The number of benzene rings is 1. The molecule has 0 aliphatic carbocycles. The van der Waals surface area contributed by atoms with Gasteiger partial charge in [0.05, 0.1) is 0 Å². The predicted molar refractivity (Wildman–Crippen MR) is 67.2 cm³/mol. The minimum atomic E-state index is -0.682. The van der Waals surface area contributed by atoms with Gasteiger partial charge in [-0.1, -0.05) is 18.2 Å². The summed E-state index contributed by atoms with van der Waals surface area (Å²) >= 11 is 0. The molecule has 17 heavy (non-hydrogen) atoms. The van der Waals surface area contributed by atoms with Crippen molar-refractivity contribution in [1.82, 2.24) is 15.8 Å². The molecule has 0 radical (unpaired) electrons. The van der Waals surface area contributed by atoms with Crippen LogP contribution in [0.5, 0.6) is 0 Å². The first-order valence-corrected chi connectivity index (χ1v) is 5.44. The zero-order valence-corrected chi connectivity index (χ0v) is 9.87. The lowest BCUT2D eigenvalue weighted by Crippen LogP contribution is -2.41. The van der Waals surface area contributed by atoms with Crippen molar-refractivity contribution < 1.29 is 4.79 Å². The van der Waals surface area contributed by atoms with E-state index < -0.39 is 6.04 Å². The molecule has 5 N–H and O–H groups in total. The van der Waals surface area contributed by atoms with Crippen LogP contribution in [0.25, 0.3) is 10.9 Å². The predicted octanol–water partition coefficient (Wildman–Crippen LogP) is 0.727. The molecule has 0 aliphatic heterocycles. The van der Waals surface area contributed by atoms with Crippen LogP contribution in [-0.2, 0) is 4.79 Å². The lowest BCUT2D eigenvalue weighted by molar-refractivity contribution is -0.123. The third kappa shape index (κ3) is 2.02.